The van der Waals surface area contributed by atoms with E-state index in [9.17, 15) is 4.79 Å². The van der Waals surface area contributed by atoms with E-state index in [2.05, 4.69) is 0 Å². The van der Waals surface area contributed by atoms with Crippen molar-refractivity contribution in [3.8, 4) is 0 Å². The molecule has 1 aliphatic heterocycles. The predicted molar refractivity (Wildman–Crippen MR) is 60.7 cm³/mol. The Hall–Kier alpha value is -0.280. The summed E-state index contributed by atoms with van der Waals surface area (Å²) in [5.41, 5.74) is 6.00. The van der Waals surface area contributed by atoms with Gasteiger partial charge in [0.2, 0.25) is 5.91 Å². The van der Waals surface area contributed by atoms with Crippen molar-refractivity contribution in [2.75, 3.05) is 19.0 Å². The quantitative estimate of drug-likeness (QED) is 0.725. The number of rotatable bonds is 2. The second-order valence-corrected chi connectivity index (χ2v) is 5.54. The molecule has 1 aliphatic carbocycles. The van der Waals surface area contributed by atoms with Gasteiger partial charge < -0.3 is 10.6 Å². The fraction of sp³-hybridized carbons (Fsp3) is 0.909. The zero-order chi connectivity index (χ0) is 11.1. The molecule has 0 unspecified atom stereocenters. The maximum absolute atomic E-state index is 11.7. The van der Waals surface area contributed by atoms with Crippen molar-refractivity contribution in [1.29, 1.82) is 0 Å². The Morgan fingerprint density at radius 1 is 1.67 bits per heavy atom. The van der Waals surface area contributed by atoms with Crippen LogP contribution in [0.5, 0.6) is 0 Å². The first kappa shape index (κ1) is 11.2. The van der Waals surface area contributed by atoms with Crippen molar-refractivity contribution < 1.29 is 4.79 Å². The summed E-state index contributed by atoms with van der Waals surface area (Å²) in [6, 6.07) is -0.357. The molecule has 86 valence electrons. The van der Waals surface area contributed by atoms with Gasteiger partial charge in [0, 0.05) is 19.0 Å². The van der Waals surface area contributed by atoms with Gasteiger partial charge in [0.15, 0.2) is 0 Å². The third kappa shape index (κ3) is 2.00. The highest BCUT2D eigenvalue weighted by atomic mass is 35.5. The number of carbonyl (C=O) groups excluding carboxylic acids is 1. The van der Waals surface area contributed by atoms with Gasteiger partial charge in [-0.25, -0.2) is 0 Å². The van der Waals surface area contributed by atoms with Gasteiger partial charge >= 0.3 is 0 Å². The molecule has 2 rings (SSSR count). The second-order valence-electron chi connectivity index (χ2n) is 5.23. The summed E-state index contributed by atoms with van der Waals surface area (Å²) in [5, 5.41) is 0. The zero-order valence-corrected chi connectivity index (χ0v) is 9.96. The Morgan fingerprint density at radius 2 is 2.33 bits per heavy atom. The van der Waals surface area contributed by atoms with Crippen LogP contribution in [0.15, 0.2) is 0 Å². The molecule has 0 aromatic carbocycles. The summed E-state index contributed by atoms with van der Waals surface area (Å²) in [7, 11) is 0. The van der Waals surface area contributed by atoms with E-state index in [0.29, 0.717) is 11.3 Å². The molecule has 1 heterocycles. The lowest BCUT2D eigenvalue weighted by molar-refractivity contribution is -0.132. The Balaban J connectivity index is 1.88. The van der Waals surface area contributed by atoms with Crippen LogP contribution in [0.3, 0.4) is 0 Å². The summed E-state index contributed by atoms with van der Waals surface area (Å²) in [4.78, 5) is 13.6. The van der Waals surface area contributed by atoms with Crippen molar-refractivity contribution >= 4 is 17.5 Å². The van der Waals surface area contributed by atoms with E-state index in [1.54, 1.807) is 6.92 Å². The van der Waals surface area contributed by atoms with Gasteiger partial charge in [-0.3, -0.25) is 4.79 Å². The number of alkyl halides is 1. The summed E-state index contributed by atoms with van der Waals surface area (Å²) in [6.45, 7) is 3.55. The molecule has 2 fully saturated rings. The molecule has 2 aliphatic rings. The van der Waals surface area contributed by atoms with Gasteiger partial charge in [-0.05, 0) is 37.5 Å². The third-order valence-electron chi connectivity index (χ3n) is 3.80. The van der Waals surface area contributed by atoms with Crippen LogP contribution in [-0.2, 0) is 4.79 Å². The van der Waals surface area contributed by atoms with Crippen LogP contribution in [0.2, 0.25) is 0 Å². The molecule has 2 N–H and O–H groups in total. The average molecular weight is 231 g/mol. The predicted octanol–water partition coefficient (Wildman–Crippen LogP) is 1.20. The maximum atomic E-state index is 11.7. The van der Waals surface area contributed by atoms with Crippen molar-refractivity contribution in [3.63, 3.8) is 0 Å². The molecule has 4 heteroatoms. The molecule has 3 nitrogen and oxygen atoms in total. The first-order valence-corrected chi connectivity index (χ1v) is 6.20. The van der Waals surface area contributed by atoms with Crippen molar-refractivity contribution in [2.24, 2.45) is 17.1 Å². The van der Waals surface area contributed by atoms with Crippen LogP contribution in [0.4, 0.5) is 0 Å². The number of carbonyl (C=O) groups is 1. The Bertz CT molecular complexity index is 261. The fourth-order valence-electron chi connectivity index (χ4n) is 3.02. The fourth-order valence-corrected chi connectivity index (χ4v) is 3.24. The third-order valence-corrected chi connectivity index (χ3v) is 4.24. The molecule has 1 atom stereocenters. The zero-order valence-electron chi connectivity index (χ0n) is 9.21. The molecule has 1 spiro atoms. The van der Waals surface area contributed by atoms with Gasteiger partial charge in [0.25, 0.3) is 0 Å². The Morgan fingerprint density at radius 3 is 2.87 bits per heavy atom. The number of likely N-dealkylation sites (tertiary alicyclic amines) is 1. The number of halogens is 1. The first-order valence-electron chi connectivity index (χ1n) is 5.67. The van der Waals surface area contributed by atoms with Gasteiger partial charge in [0.1, 0.15) is 0 Å². The summed E-state index contributed by atoms with van der Waals surface area (Å²) in [6.07, 6.45) is 3.53. The lowest BCUT2D eigenvalue weighted by Crippen LogP contribution is -2.45. The van der Waals surface area contributed by atoms with Crippen LogP contribution < -0.4 is 5.73 Å². The van der Waals surface area contributed by atoms with Crippen LogP contribution in [0.1, 0.15) is 26.2 Å². The smallest absolute Gasteiger partial charge is 0.239 e. The molecular formula is C11H19ClN2O. The number of nitrogens with zero attached hydrogens (tertiary/aromatic N) is 1. The van der Waals surface area contributed by atoms with Crippen molar-refractivity contribution in [2.45, 2.75) is 32.2 Å². The minimum absolute atomic E-state index is 0.0983. The second kappa shape index (κ2) is 3.95. The molecule has 0 aromatic heterocycles. The molecule has 1 saturated carbocycles. The summed E-state index contributed by atoms with van der Waals surface area (Å²) in [5.74, 6) is 1.54. The lowest BCUT2D eigenvalue weighted by atomic mass is 9.62. The van der Waals surface area contributed by atoms with Gasteiger partial charge in [-0.1, -0.05) is 0 Å². The van der Waals surface area contributed by atoms with E-state index in [1.807, 2.05) is 4.90 Å². The molecule has 0 aromatic rings. The van der Waals surface area contributed by atoms with Gasteiger partial charge in [-0.2, -0.15) is 0 Å². The molecule has 0 bridgehead atoms. The van der Waals surface area contributed by atoms with E-state index in [-0.39, 0.29) is 11.9 Å². The van der Waals surface area contributed by atoms with E-state index in [4.69, 9.17) is 17.3 Å². The topological polar surface area (TPSA) is 46.3 Å². The standard InChI is InChI=1S/C11H19ClN2O/c1-8(13)10(15)14-3-2-11(7-14)4-9(5-11)6-12/h8-9H,2-7,13H2,1H3/t8-,9?,11?/m0/s1. The Labute approximate surface area is 95.9 Å². The minimum Gasteiger partial charge on any atom is -0.341 e. The maximum Gasteiger partial charge on any atom is 0.239 e. The van der Waals surface area contributed by atoms with Crippen molar-refractivity contribution in [1.82, 2.24) is 4.90 Å². The highest BCUT2D eigenvalue weighted by Gasteiger charge is 2.48. The molecular weight excluding hydrogens is 212 g/mol. The molecule has 1 saturated heterocycles. The molecule has 0 radical (unpaired) electrons. The highest BCUT2D eigenvalue weighted by molar-refractivity contribution is 6.18. The van der Waals surface area contributed by atoms with E-state index in [1.165, 1.54) is 12.8 Å². The van der Waals surface area contributed by atoms with E-state index >= 15 is 0 Å². The van der Waals surface area contributed by atoms with E-state index in [0.717, 1.165) is 25.4 Å². The van der Waals surface area contributed by atoms with Crippen LogP contribution >= 0.6 is 11.6 Å². The van der Waals surface area contributed by atoms with Crippen LogP contribution in [0.25, 0.3) is 0 Å². The lowest BCUT2D eigenvalue weighted by Gasteiger charge is -2.44. The number of amides is 1. The SMILES string of the molecule is C[C@H](N)C(=O)N1CCC2(CC(CCl)C2)C1. The van der Waals surface area contributed by atoms with Crippen LogP contribution in [-0.4, -0.2) is 35.8 Å². The monoisotopic (exact) mass is 230 g/mol. The van der Waals surface area contributed by atoms with Gasteiger partial charge in [0.05, 0.1) is 6.04 Å². The largest absolute Gasteiger partial charge is 0.341 e. The molecule has 15 heavy (non-hydrogen) atoms. The summed E-state index contributed by atoms with van der Waals surface area (Å²) < 4.78 is 0. The minimum atomic E-state index is -0.357. The average Bonchev–Trinajstić information content (AvgIpc) is 2.58. The normalized spacial score (nSPS) is 36.7. The number of hydrogen-bond acceptors (Lipinski definition) is 2. The van der Waals surface area contributed by atoms with Gasteiger partial charge in [-0.15, -0.1) is 11.6 Å². The number of hydrogen-bond donors (Lipinski definition) is 1. The Kier molecular flexibility index (Phi) is 2.95. The van der Waals surface area contributed by atoms with E-state index < -0.39 is 0 Å². The molecule has 1 amide bonds. The highest BCUT2D eigenvalue weighted by Crippen LogP contribution is 2.51. The first-order chi connectivity index (χ1) is 7.06. The van der Waals surface area contributed by atoms with Crippen LogP contribution in [0, 0.1) is 11.3 Å². The number of nitrogens with two attached hydrogens (primary N) is 1. The summed E-state index contributed by atoms with van der Waals surface area (Å²) >= 11 is 5.81. The van der Waals surface area contributed by atoms with Crippen molar-refractivity contribution in [3.05, 3.63) is 0 Å².